The van der Waals surface area contributed by atoms with Crippen LogP contribution in [0, 0.1) is 5.92 Å². The maximum absolute atomic E-state index is 11.4. The zero-order valence-electron chi connectivity index (χ0n) is 9.84. The second-order valence-electron chi connectivity index (χ2n) is 5.18. The molecule has 17 heavy (non-hydrogen) atoms. The maximum Gasteiger partial charge on any atom is 0.317 e. The zero-order chi connectivity index (χ0) is 12.5. The van der Waals surface area contributed by atoms with E-state index < -0.39 is 15.8 Å². The predicted molar refractivity (Wildman–Crippen MR) is 63.6 cm³/mol. The molecule has 1 saturated carbocycles. The van der Waals surface area contributed by atoms with Gasteiger partial charge < -0.3 is 5.11 Å². The molecule has 6 heteroatoms. The highest BCUT2D eigenvalue weighted by Crippen LogP contribution is 2.29. The van der Waals surface area contributed by atoms with E-state index in [2.05, 4.69) is 0 Å². The normalized spacial score (nSPS) is 28.2. The molecule has 0 bridgehead atoms. The first-order valence-electron chi connectivity index (χ1n) is 6.12. The van der Waals surface area contributed by atoms with Crippen LogP contribution >= 0.6 is 0 Å². The zero-order valence-corrected chi connectivity index (χ0v) is 10.7. The molecule has 0 aromatic rings. The number of aliphatic carboxylic acids is 1. The SMILES string of the molecule is O=C(O)CN(CC1CCC1)C1CCS(=O)(=O)C1. The molecule has 0 aromatic carbocycles. The predicted octanol–water partition coefficient (Wildman–Crippen LogP) is 0.360. The summed E-state index contributed by atoms with van der Waals surface area (Å²) in [6, 6.07) is -0.0864. The Morgan fingerprint density at radius 1 is 1.29 bits per heavy atom. The van der Waals surface area contributed by atoms with Crippen LogP contribution in [-0.2, 0) is 14.6 Å². The number of sulfone groups is 1. The van der Waals surface area contributed by atoms with E-state index in [0.29, 0.717) is 12.3 Å². The molecule has 1 aliphatic carbocycles. The molecule has 1 atom stereocenters. The Labute approximate surface area is 102 Å². The summed E-state index contributed by atoms with van der Waals surface area (Å²) in [4.78, 5) is 12.7. The summed E-state index contributed by atoms with van der Waals surface area (Å²) in [7, 11) is -2.94. The molecular formula is C11H19NO4S. The highest BCUT2D eigenvalue weighted by Gasteiger charge is 2.34. The number of nitrogens with zero attached hydrogens (tertiary/aromatic N) is 1. The topological polar surface area (TPSA) is 74.7 Å². The molecule has 1 saturated heterocycles. The number of carbonyl (C=O) groups is 1. The minimum atomic E-state index is -2.94. The number of rotatable bonds is 5. The van der Waals surface area contributed by atoms with Crippen molar-refractivity contribution in [2.75, 3.05) is 24.6 Å². The van der Waals surface area contributed by atoms with E-state index in [1.54, 1.807) is 0 Å². The molecule has 2 rings (SSSR count). The van der Waals surface area contributed by atoms with Gasteiger partial charge in [-0.1, -0.05) is 6.42 Å². The fourth-order valence-electron chi connectivity index (χ4n) is 2.59. The van der Waals surface area contributed by atoms with Crippen molar-refractivity contribution in [1.29, 1.82) is 0 Å². The Bertz CT molecular complexity index is 388. The highest BCUT2D eigenvalue weighted by atomic mass is 32.2. The van der Waals surface area contributed by atoms with Crippen molar-refractivity contribution in [2.45, 2.75) is 31.7 Å². The molecule has 0 aromatic heterocycles. The Morgan fingerprint density at radius 2 is 2.00 bits per heavy atom. The van der Waals surface area contributed by atoms with Crippen molar-refractivity contribution in [2.24, 2.45) is 5.92 Å². The van der Waals surface area contributed by atoms with Gasteiger partial charge in [0.25, 0.3) is 0 Å². The lowest BCUT2D eigenvalue weighted by atomic mass is 9.85. The van der Waals surface area contributed by atoms with Crippen LogP contribution in [0.15, 0.2) is 0 Å². The number of carboxylic acid groups (broad SMARTS) is 1. The van der Waals surface area contributed by atoms with Gasteiger partial charge in [0.15, 0.2) is 9.84 Å². The van der Waals surface area contributed by atoms with Crippen LogP contribution < -0.4 is 0 Å². The van der Waals surface area contributed by atoms with E-state index in [-0.39, 0.29) is 24.1 Å². The van der Waals surface area contributed by atoms with Crippen molar-refractivity contribution in [1.82, 2.24) is 4.90 Å². The summed E-state index contributed by atoms with van der Waals surface area (Å²) in [5, 5.41) is 8.89. The first kappa shape index (κ1) is 12.8. The van der Waals surface area contributed by atoms with Gasteiger partial charge in [0, 0.05) is 12.6 Å². The summed E-state index contributed by atoms with van der Waals surface area (Å²) in [6.45, 7) is 0.711. The minimum absolute atomic E-state index is 0.0311. The Kier molecular flexibility index (Phi) is 3.73. The Morgan fingerprint density at radius 3 is 2.41 bits per heavy atom. The largest absolute Gasteiger partial charge is 0.480 e. The molecule has 1 heterocycles. The smallest absolute Gasteiger partial charge is 0.317 e. The lowest BCUT2D eigenvalue weighted by Crippen LogP contribution is -2.43. The molecule has 5 nitrogen and oxygen atoms in total. The fraction of sp³-hybridized carbons (Fsp3) is 0.909. The van der Waals surface area contributed by atoms with Crippen LogP contribution in [0.5, 0.6) is 0 Å². The highest BCUT2D eigenvalue weighted by molar-refractivity contribution is 7.91. The van der Waals surface area contributed by atoms with Crippen LogP contribution in [0.25, 0.3) is 0 Å². The second-order valence-corrected chi connectivity index (χ2v) is 7.41. The van der Waals surface area contributed by atoms with Gasteiger partial charge in [0.1, 0.15) is 0 Å². The van der Waals surface area contributed by atoms with E-state index in [0.717, 1.165) is 19.4 Å². The van der Waals surface area contributed by atoms with E-state index in [4.69, 9.17) is 5.11 Å². The van der Waals surface area contributed by atoms with E-state index in [1.807, 2.05) is 4.90 Å². The molecule has 98 valence electrons. The monoisotopic (exact) mass is 261 g/mol. The average molecular weight is 261 g/mol. The van der Waals surface area contributed by atoms with Gasteiger partial charge in [-0.05, 0) is 25.2 Å². The summed E-state index contributed by atoms with van der Waals surface area (Å²) >= 11 is 0. The lowest BCUT2D eigenvalue weighted by Gasteiger charge is -2.34. The van der Waals surface area contributed by atoms with Gasteiger partial charge in [0.2, 0.25) is 0 Å². The number of hydrogen-bond donors (Lipinski definition) is 1. The molecule has 1 aliphatic heterocycles. The minimum Gasteiger partial charge on any atom is -0.480 e. The quantitative estimate of drug-likeness (QED) is 0.773. The summed E-state index contributed by atoms with van der Waals surface area (Å²) in [5.41, 5.74) is 0. The van der Waals surface area contributed by atoms with Crippen molar-refractivity contribution in [3.8, 4) is 0 Å². The third kappa shape index (κ3) is 3.42. The molecule has 0 radical (unpaired) electrons. The molecule has 2 aliphatic rings. The number of carboxylic acids is 1. The molecule has 1 N–H and O–H groups in total. The molecule has 2 fully saturated rings. The van der Waals surface area contributed by atoms with Gasteiger partial charge in [-0.25, -0.2) is 8.42 Å². The summed E-state index contributed by atoms with van der Waals surface area (Å²) in [5.74, 6) is 0.0390. The van der Waals surface area contributed by atoms with Crippen LogP contribution in [0.2, 0.25) is 0 Å². The van der Waals surface area contributed by atoms with Crippen molar-refractivity contribution in [3.63, 3.8) is 0 Å². The van der Waals surface area contributed by atoms with Gasteiger partial charge in [0.05, 0.1) is 18.1 Å². The summed E-state index contributed by atoms with van der Waals surface area (Å²) < 4.78 is 22.9. The molecule has 0 amide bonds. The third-order valence-corrected chi connectivity index (χ3v) is 5.53. The molecule has 1 unspecified atom stereocenters. The average Bonchev–Trinajstić information content (AvgIpc) is 2.49. The van der Waals surface area contributed by atoms with Crippen molar-refractivity contribution >= 4 is 15.8 Å². The van der Waals surface area contributed by atoms with Crippen LogP contribution in [-0.4, -0.2) is 55.0 Å². The van der Waals surface area contributed by atoms with E-state index >= 15 is 0 Å². The van der Waals surface area contributed by atoms with Gasteiger partial charge in [-0.15, -0.1) is 0 Å². The van der Waals surface area contributed by atoms with Gasteiger partial charge >= 0.3 is 5.97 Å². The van der Waals surface area contributed by atoms with E-state index in [9.17, 15) is 13.2 Å². The fourth-order valence-corrected chi connectivity index (χ4v) is 4.35. The van der Waals surface area contributed by atoms with Crippen LogP contribution in [0.4, 0.5) is 0 Å². The lowest BCUT2D eigenvalue weighted by molar-refractivity contribution is -0.139. The Balaban J connectivity index is 1.96. The second kappa shape index (κ2) is 4.94. The van der Waals surface area contributed by atoms with Crippen LogP contribution in [0.3, 0.4) is 0 Å². The first-order valence-corrected chi connectivity index (χ1v) is 7.95. The maximum atomic E-state index is 11.4. The Hall–Kier alpha value is -0.620. The van der Waals surface area contributed by atoms with Gasteiger partial charge in [-0.3, -0.25) is 9.69 Å². The van der Waals surface area contributed by atoms with Crippen LogP contribution in [0.1, 0.15) is 25.7 Å². The van der Waals surface area contributed by atoms with E-state index in [1.165, 1.54) is 6.42 Å². The third-order valence-electron chi connectivity index (χ3n) is 3.78. The first-order chi connectivity index (χ1) is 7.96. The number of hydrogen-bond acceptors (Lipinski definition) is 4. The molecular weight excluding hydrogens is 242 g/mol. The van der Waals surface area contributed by atoms with Gasteiger partial charge in [-0.2, -0.15) is 0 Å². The molecule has 0 spiro atoms. The summed E-state index contributed by atoms with van der Waals surface area (Å²) in [6.07, 6.45) is 4.10. The van der Waals surface area contributed by atoms with Crippen molar-refractivity contribution in [3.05, 3.63) is 0 Å². The standard InChI is InChI=1S/C11H19NO4S/c13-11(14)7-12(6-9-2-1-3-9)10-4-5-17(15,16)8-10/h9-10H,1-8H2,(H,13,14). The van der Waals surface area contributed by atoms with Crippen molar-refractivity contribution < 1.29 is 18.3 Å².